The molecule has 0 saturated heterocycles. The van der Waals surface area contributed by atoms with E-state index in [9.17, 15) is 4.39 Å². The van der Waals surface area contributed by atoms with Gasteiger partial charge in [0.25, 0.3) is 0 Å². The molecular formula is C18H19FN2O3. The maximum absolute atomic E-state index is 12.9. The fraction of sp³-hybridized carbons (Fsp3) is 0.222. The van der Waals surface area contributed by atoms with Gasteiger partial charge in [-0.05, 0) is 36.8 Å². The molecule has 0 fully saturated rings. The van der Waals surface area contributed by atoms with Crippen LogP contribution in [0.4, 0.5) is 4.39 Å². The molecule has 0 spiro atoms. The first-order valence-electron chi connectivity index (χ1n) is 7.22. The zero-order chi connectivity index (χ0) is 17.5. The van der Waals surface area contributed by atoms with E-state index >= 15 is 0 Å². The van der Waals surface area contributed by atoms with Gasteiger partial charge in [0.05, 0.1) is 33.3 Å². The Hall–Kier alpha value is -2.89. The van der Waals surface area contributed by atoms with Crippen molar-refractivity contribution in [1.29, 1.82) is 0 Å². The van der Waals surface area contributed by atoms with Crippen molar-refractivity contribution in [3.05, 3.63) is 53.3 Å². The summed E-state index contributed by atoms with van der Waals surface area (Å²) in [7, 11) is 4.65. The molecule has 0 aliphatic carbocycles. The number of methoxy groups -OCH3 is 3. The molecule has 0 heterocycles. The molecule has 0 aliphatic rings. The first-order valence-corrected chi connectivity index (χ1v) is 7.22. The Balaban J connectivity index is 2.25. The van der Waals surface area contributed by atoms with Crippen LogP contribution >= 0.6 is 0 Å². The Kier molecular flexibility index (Phi) is 5.89. The standard InChI is InChI=1S/C18H19FN2O3/c1-12(14-5-7-15(19)8-6-14)21-20-11-13-9-16(22-2)18(24-4)17(10-13)23-3/h5-11H,1-4H3/b20-11+,21-12+. The van der Waals surface area contributed by atoms with Crippen molar-refractivity contribution in [1.82, 2.24) is 0 Å². The van der Waals surface area contributed by atoms with Crippen molar-refractivity contribution >= 4 is 11.9 Å². The van der Waals surface area contributed by atoms with Crippen molar-refractivity contribution < 1.29 is 18.6 Å². The van der Waals surface area contributed by atoms with E-state index in [0.717, 1.165) is 11.1 Å². The molecule has 24 heavy (non-hydrogen) atoms. The molecule has 0 aromatic heterocycles. The van der Waals surface area contributed by atoms with Gasteiger partial charge in [-0.3, -0.25) is 0 Å². The third-order valence-electron chi connectivity index (χ3n) is 3.36. The van der Waals surface area contributed by atoms with Gasteiger partial charge in [0.1, 0.15) is 5.82 Å². The molecule has 2 aromatic rings. The van der Waals surface area contributed by atoms with Crippen molar-refractivity contribution in [2.75, 3.05) is 21.3 Å². The Morgan fingerprint density at radius 2 is 1.54 bits per heavy atom. The summed E-state index contributed by atoms with van der Waals surface area (Å²) in [6.45, 7) is 1.81. The van der Waals surface area contributed by atoms with Crippen LogP contribution in [0.3, 0.4) is 0 Å². The lowest BCUT2D eigenvalue weighted by molar-refractivity contribution is 0.324. The minimum atomic E-state index is -0.285. The highest BCUT2D eigenvalue weighted by atomic mass is 19.1. The second kappa shape index (κ2) is 8.10. The van der Waals surface area contributed by atoms with Gasteiger partial charge in [-0.15, -0.1) is 0 Å². The average Bonchev–Trinajstić information content (AvgIpc) is 2.61. The normalized spacial score (nSPS) is 11.6. The summed E-state index contributed by atoms with van der Waals surface area (Å²) in [6, 6.07) is 9.63. The van der Waals surface area contributed by atoms with E-state index < -0.39 is 0 Å². The monoisotopic (exact) mass is 330 g/mol. The zero-order valence-electron chi connectivity index (χ0n) is 14.0. The van der Waals surface area contributed by atoms with Crippen LogP contribution in [0, 0.1) is 5.82 Å². The Morgan fingerprint density at radius 3 is 2.04 bits per heavy atom. The Labute approximate surface area is 140 Å². The first kappa shape index (κ1) is 17.5. The van der Waals surface area contributed by atoms with Gasteiger partial charge in [0, 0.05) is 5.56 Å². The van der Waals surface area contributed by atoms with Gasteiger partial charge in [-0.25, -0.2) is 4.39 Å². The van der Waals surface area contributed by atoms with Crippen LogP contribution in [0.1, 0.15) is 18.1 Å². The van der Waals surface area contributed by atoms with Gasteiger partial charge in [0.2, 0.25) is 5.75 Å². The predicted molar refractivity (Wildman–Crippen MR) is 92.3 cm³/mol. The van der Waals surface area contributed by atoms with Crippen LogP contribution in [0.25, 0.3) is 0 Å². The lowest BCUT2D eigenvalue weighted by Crippen LogP contribution is -1.97. The molecule has 2 rings (SSSR count). The minimum Gasteiger partial charge on any atom is -0.493 e. The van der Waals surface area contributed by atoms with Gasteiger partial charge < -0.3 is 14.2 Å². The average molecular weight is 330 g/mol. The highest BCUT2D eigenvalue weighted by Gasteiger charge is 2.12. The van der Waals surface area contributed by atoms with E-state index in [1.54, 1.807) is 58.7 Å². The number of nitrogens with zero attached hydrogens (tertiary/aromatic N) is 2. The summed E-state index contributed by atoms with van der Waals surface area (Å²) in [5.41, 5.74) is 2.23. The second-order valence-electron chi connectivity index (χ2n) is 4.90. The minimum absolute atomic E-state index is 0.285. The third kappa shape index (κ3) is 4.10. The van der Waals surface area contributed by atoms with Crippen LogP contribution in [0.5, 0.6) is 17.2 Å². The van der Waals surface area contributed by atoms with Crippen molar-refractivity contribution in [3.63, 3.8) is 0 Å². The van der Waals surface area contributed by atoms with E-state index in [0.29, 0.717) is 23.0 Å². The van der Waals surface area contributed by atoms with E-state index in [1.165, 1.54) is 12.1 Å². The highest BCUT2D eigenvalue weighted by Crippen LogP contribution is 2.37. The van der Waals surface area contributed by atoms with Gasteiger partial charge >= 0.3 is 0 Å². The topological polar surface area (TPSA) is 52.4 Å². The summed E-state index contributed by atoms with van der Waals surface area (Å²) in [6.07, 6.45) is 1.58. The van der Waals surface area contributed by atoms with Gasteiger partial charge in [0.15, 0.2) is 11.5 Å². The molecule has 0 saturated carbocycles. The van der Waals surface area contributed by atoms with E-state index in [2.05, 4.69) is 10.2 Å². The van der Waals surface area contributed by atoms with Crippen LogP contribution in [0.2, 0.25) is 0 Å². The number of benzene rings is 2. The second-order valence-corrected chi connectivity index (χ2v) is 4.90. The molecule has 0 bridgehead atoms. The quantitative estimate of drug-likeness (QED) is 0.599. The number of hydrogen-bond donors (Lipinski definition) is 0. The molecule has 0 radical (unpaired) electrons. The lowest BCUT2D eigenvalue weighted by Gasteiger charge is -2.12. The number of hydrogen-bond acceptors (Lipinski definition) is 5. The Morgan fingerprint density at radius 1 is 0.958 bits per heavy atom. The number of halogens is 1. The zero-order valence-corrected chi connectivity index (χ0v) is 14.0. The molecule has 0 unspecified atom stereocenters. The van der Waals surface area contributed by atoms with Gasteiger partial charge in [-0.2, -0.15) is 10.2 Å². The SMILES string of the molecule is COc1cc(/C=N/N=C(\C)c2ccc(F)cc2)cc(OC)c1OC. The fourth-order valence-corrected chi connectivity index (χ4v) is 2.11. The van der Waals surface area contributed by atoms with Gasteiger partial charge in [-0.1, -0.05) is 12.1 Å². The van der Waals surface area contributed by atoms with E-state index in [1.807, 2.05) is 0 Å². The van der Waals surface area contributed by atoms with Crippen LogP contribution in [-0.2, 0) is 0 Å². The van der Waals surface area contributed by atoms with Crippen LogP contribution < -0.4 is 14.2 Å². The summed E-state index contributed by atoms with van der Waals surface area (Å²) < 4.78 is 28.8. The maximum atomic E-state index is 12.9. The molecule has 126 valence electrons. The summed E-state index contributed by atoms with van der Waals surface area (Å²) >= 11 is 0. The third-order valence-corrected chi connectivity index (χ3v) is 3.36. The van der Waals surface area contributed by atoms with E-state index in [4.69, 9.17) is 14.2 Å². The number of ether oxygens (including phenoxy) is 3. The number of rotatable bonds is 6. The maximum Gasteiger partial charge on any atom is 0.203 e. The molecule has 2 aromatic carbocycles. The smallest absolute Gasteiger partial charge is 0.203 e. The Bertz CT molecular complexity index is 730. The van der Waals surface area contributed by atoms with Crippen molar-refractivity contribution in [2.24, 2.45) is 10.2 Å². The molecule has 0 atom stereocenters. The van der Waals surface area contributed by atoms with E-state index in [-0.39, 0.29) is 5.82 Å². The summed E-state index contributed by atoms with van der Waals surface area (Å²) in [5, 5.41) is 8.19. The largest absolute Gasteiger partial charge is 0.493 e. The summed E-state index contributed by atoms with van der Waals surface area (Å²) in [5.74, 6) is 1.31. The molecule has 0 amide bonds. The molecular weight excluding hydrogens is 311 g/mol. The lowest BCUT2D eigenvalue weighted by atomic mass is 10.1. The molecule has 0 aliphatic heterocycles. The van der Waals surface area contributed by atoms with Crippen molar-refractivity contribution in [3.8, 4) is 17.2 Å². The fourth-order valence-electron chi connectivity index (χ4n) is 2.11. The van der Waals surface area contributed by atoms with Crippen LogP contribution in [0.15, 0.2) is 46.6 Å². The van der Waals surface area contributed by atoms with Crippen molar-refractivity contribution in [2.45, 2.75) is 6.92 Å². The van der Waals surface area contributed by atoms with Crippen LogP contribution in [-0.4, -0.2) is 33.3 Å². The summed E-state index contributed by atoms with van der Waals surface area (Å²) in [4.78, 5) is 0. The molecule has 6 heteroatoms. The molecule has 0 N–H and O–H groups in total. The predicted octanol–water partition coefficient (Wildman–Crippen LogP) is 3.69. The molecule has 5 nitrogen and oxygen atoms in total. The first-order chi connectivity index (χ1) is 11.6. The highest BCUT2D eigenvalue weighted by molar-refractivity contribution is 5.99.